The van der Waals surface area contributed by atoms with Gasteiger partial charge in [-0.1, -0.05) is 23.7 Å². The highest BCUT2D eigenvalue weighted by Gasteiger charge is 2.33. The van der Waals surface area contributed by atoms with Crippen molar-refractivity contribution < 1.29 is 4.79 Å². The van der Waals surface area contributed by atoms with E-state index in [0.717, 1.165) is 41.3 Å². The summed E-state index contributed by atoms with van der Waals surface area (Å²) in [5.74, 6) is 1.65. The summed E-state index contributed by atoms with van der Waals surface area (Å²) in [6, 6.07) is 10.1. The fraction of sp³-hybridized carbons (Fsp3) is 0.316. The van der Waals surface area contributed by atoms with Gasteiger partial charge in [0, 0.05) is 46.0 Å². The van der Waals surface area contributed by atoms with Crippen molar-refractivity contribution in [1.82, 2.24) is 24.8 Å². The van der Waals surface area contributed by atoms with Gasteiger partial charge in [0.1, 0.15) is 11.6 Å². The minimum absolute atomic E-state index is 0.0795. The largest absolute Gasteiger partial charge is 0.352 e. The molecule has 8 heteroatoms. The number of pyridine rings is 1. The van der Waals surface area contributed by atoms with E-state index in [2.05, 4.69) is 15.2 Å². The molecule has 0 radical (unpaired) electrons. The van der Waals surface area contributed by atoms with Crippen molar-refractivity contribution in [3.63, 3.8) is 0 Å². The van der Waals surface area contributed by atoms with Crippen molar-refractivity contribution in [1.29, 1.82) is 0 Å². The average Bonchev–Trinajstić information content (AvgIpc) is 2.98. The summed E-state index contributed by atoms with van der Waals surface area (Å²) >= 11 is 6.44. The lowest BCUT2D eigenvalue weighted by Crippen LogP contribution is -2.61. The van der Waals surface area contributed by atoms with Crippen LogP contribution in [0.3, 0.4) is 0 Å². The molecule has 4 rings (SSSR count). The third-order valence-corrected chi connectivity index (χ3v) is 5.44. The van der Waals surface area contributed by atoms with Crippen LogP contribution in [0.25, 0.3) is 22.4 Å². The molecule has 3 aromatic rings. The van der Waals surface area contributed by atoms with Crippen LogP contribution in [-0.4, -0.2) is 58.7 Å². The first-order valence-electron chi connectivity index (χ1n) is 8.76. The molecule has 1 aromatic carbocycles. The number of aryl methyl sites for hydroxylation is 1. The number of benzene rings is 1. The molecule has 1 aliphatic heterocycles. The van der Waals surface area contributed by atoms with Gasteiger partial charge in [0.05, 0.1) is 22.1 Å². The average molecular weight is 385 g/mol. The molecular formula is C19H21ClN6O. The van der Waals surface area contributed by atoms with E-state index in [4.69, 9.17) is 16.6 Å². The highest BCUT2D eigenvalue weighted by molar-refractivity contribution is 6.33. The van der Waals surface area contributed by atoms with Crippen LogP contribution in [0.15, 0.2) is 36.5 Å². The minimum atomic E-state index is -0.0795. The smallest absolute Gasteiger partial charge is 0.317 e. The Morgan fingerprint density at radius 3 is 2.78 bits per heavy atom. The Balaban J connectivity index is 1.61. The van der Waals surface area contributed by atoms with Gasteiger partial charge in [-0.2, -0.15) is 0 Å². The number of rotatable bonds is 3. The monoisotopic (exact) mass is 384 g/mol. The fourth-order valence-electron chi connectivity index (χ4n) is 3.39. The third kappa shape index (κ3) is 2.98. The first-order valence-corrected chi connectivity index (χ1v) is 9.14. The Bertz CT molecular complexity index is 1010. The number of nitrogens with one attached hydrogen (secondary N) is 1. The molecule has 1 saturated heterocycles. The molecule has 7 nitrogen and oxygen atoms in total. The number of likely N-dealkylation sites (N-methyl/N-ethyl adjacent to an activating group) is 1. The predicted molar refractivity (Wildman–Crippen MR) is 107 cm³/mol. The van der Waals surface area contributed by atoms with E-state index in [-0.39, 0.29) is 12.1 Å². The fourth-order valence-corrected chi connectivity index (χ4v) is 3.58. The zero-order valence-corrected chi connectivity index (χ0v) is 16.2. The number of amides is 2. The number of fused-ring (bicyclic) bond motifs is 1. The summed E-state index contributed by atoms with van der Waals surface area (Å²) in [4.78, 5) is 24.8. The number of carbonyl (C=O) groups is 1. The molecule has 140 valence electrons. The Kier molecular flexibility index (Phi) is 4.39. The highest BCUT2D eigenvalue weighted by atomic mass is 35.5. The molecule has 1 aliphatic rings. The summed E-state index contributed by atoms with van der Waals surface area (Å²) in [6.07, 6.45) is 1.67. The van der Waals surface area contributed by atoms with Crippen molar-refractivity contribution in [2.75, 3.05) is 32.1 Å². The van der Waals surface area contributed by atoms with Crippen molar-refractivity contribution in [3.8, 4) is 11.4 Å². The highest BCUT2D eigenvalue weighted by Crippen LogP contribution is 2.33. The molecule has 3 heterocycles. The molecule has 0 spiro atoms. The van der Waals surface area contributed by atoms with Gasteiger partial charge in [-0.15, -0.1) is 0 Å². The predicted octanol–water partition coefficient (Wildman–Crippen LogP) is 2.75. The molecule has 1 N–H and O–H groups in total. The maximum Gasteiger partial charge on any atom is 0.317 e. The lowest BCUT2D eigenvalue weighted by molar-refractivity contribution is 0.180. The number of anilines is 1. The quantitative estimate of drug-likeness (QED) is 0.754. The van der Waals surface area contributed by atoms with Crippen molar-refractivity contribution >= 4 is 34.5 Å². The van der Waals surface area contributed by atoms with Gasteiger partial charge in [0.2, 0.25) is 0 Å². The minimum Gasteiger partial charge on any atom is -0.352 e. The second-order valence-corrected chi connectivity index (χ2v) is 7.14. The van der Waals surface area contributed by atoms with Crippen LogP contribution >= 0.6 is 11.6 Å². The number of hydrogen-bond donors (Lipinski definition) is 1. The van der Waals surface area contributed by atoms with Gasteiger partial charge < -0.3 is 19.7 Å². The zero-order chi connectivity index (χ0) is 19.1. The number of imidazole rings is 1. The van der Waals surface area contributed by atoms with Crippen LogP contribution in [0, 0.1) is 0 Å². The Morgan fingerprint density at radius 2 is 2.07 bits per heavy atom. The molecule has 1 fully saturated rings. The molecule has 0 aliphatic carbocycles. The molecule has 2 aromatic heterocycles. The third-order valence-electron chi connectivity index (χ3n) is 5.14. The normalized spacial score (nSPS) is 14.3. The van der Waals surface area contributed by atoms with Gasteiger partial charge in [0.25, 0.3) is 0 Å². The van der Waals surface area contributed by atoms with Crippen LogP contribution in [0.2, 0.25) is 5.02 Å². The maximum absolute atomic E-state index is 11.7. The number of carbonyl (C=O) groups excluding carboxylic acids is 1. The van der Waals surface area contributed by atoms with Crippen molar-refractivity contribution in [3.05, 3.63) is 41.6 Å². The second-order valence-electron chi connectivity index (χ2n) is 6.73. The number of hydrogen-bond acceptors (Lipinski definition) is 4. The second kappa shape index (κ2) is 6.74. The Labute approximate surface area is 162 Å². The first-order chi connectivity index (χ1) is 13.0. The lowest BCUT2D eigenvalue weighted by Gasteiger charge is -2.44. The first kappa shape index (κ1) is 17.6. The van der Waals surface area contributed by atoms with Gasteiger partial charge in [0.15, 0.2) is 0 Å². The standard InChI is InChI=1S/C19H21ClN6O/c1-21-19(27)24(2)12-10-26(11-12)17-8-13(14(20)9-22-17)18-23-15-6-4-5-7-16(15)25(18)3/h4-9,12H,10-11H2,1-3H3,(H,21,27). The molecular weight excluding hydrogens is 364 g/mol. The number of halogens is 1. The summed E-state index contributed by atoms with van der Waals surface area (Å²) in [7, 11) is 5.43. The van der Waals surface area contributed by atoms with E-state index >= 15 is 0 Å². The van der Waals surface area contributed by atoms with Crippen LogP contribution < -0.4 is 10.2 Å². The topological polar surface area (TPSA) is 66.3 Å². The number of aromatic nitrogens is 3. The van der Waals surface area contributed by atoms with Crippen molar-refractivity contribution in [2.24, 2.45) is 7.05 Å². The van der Waals surface area contributed by atoms with Crippen LogP contribution in [0.4, 0.5) is 10.6 Å². The Morgan fingerprint density at radius 1 is 1.33 bits per heavy atom. The molecule has 27 heavy (non-hydrogen) atoms. The summed E-state index contributed by atoms with van der Waals surface area (Å²) < 4.78 is 2.04. The lowest BCUT2D eigenvalue weighted by atomic mass is 10.1. The van der Waals surface area contributed by atoms with E-state index in [0.29, 0.717) is 5.02 Å². The van der Waals surface area contributed by atoms with E-state index < -0.39 is 0 Å². The van der Waals surface area contributed by atoms with Crippen LogP contribution in [0.5, 0.6) is 0 Å². The van der Waals surface area contributed by atoms with Crippen LogP contribution in [-0.2, 0) is 7.05 Å². The van der Waals surface area contributed by atoms with Gasteiger partial charge >= 0.3 is 6.03 Å². The maximum atomic E-state index is 11.7. The van der Waals surface area contributed by atoms with E-state index in [1.807, 2.05) is 41.9 Å². The SMILES string of the molecule is CNC(=O)N(C)C1CN(c2cc(-c3nc4ccccc4n3C)c(Cl)cn2)C1. The molecule has 0 bridgehead atoms. The van der Waals surface area contributed by atoms with Crippen molar-refractivity contribution in [2.45, 2.75) is 6.04 Å². The summed E-state index contributed by atoms with van der Waals surface area (Å²) in [5.41, 5.74) is 2.84. The molecule has 2 amide bonds. The van der Waals surface area contributed by atoms with Crippen LogP contribution in [0.1, 0.15) is 0 Å². The number of urea groups is 1. The zero-order valence-electron chi connectivity index (χ0n) is 15.5. The van der Waals surface area contributed by atoms with Gasteiger partial charge in [-0.3, -0.25) is 0 Å². The Hall–Kier alpha value is -2.80. The molecule has 0 atom stereocenters. The van der Waals surface area contributed by atoms with E-state index in [9.17, 15) is 4.79 Å². The molecule has 0 saturated carbocycles. The summed E-state index contributed by atoms with van der Waals surface area (Å²) in [5, 5.41) is 3.22. The van der Waals surface area contributed by atoms with E-state index in [1.54, 1.807) is 25.2 Å². The molecule has 0 unspecified atom stereocenters. The summed E-state index contributed by atoms with van der Waals surface area (Å²) in [6.45, 7) is 1.47. The van der Waals surface area contributed by atoms with Gasteiger partial charge in [-0.05, 0) is 18.2 Å². The number of nitrogens with zero attached hydrogens (tertiary/aromatic N) is 5. The van der Waals surface area contributed by atoms with E-state index in [1.165, 1.54) is 0 Å². The van der Waals surface area contributed by atoms with Gasteiger partial charge in [-0.25, -0.2) is 14.8 Å². The number of para-hydroxylation sites is 2.